The van der Waals surface area contributed by atoms with Crippen molar-refractivity contribution in [2.24, 2.45) is 0 Å². The summed E-state index contributed by atoms with van der Waals surface area (Å²) in [5, 5.41) is 8.13. The smallest absolute Gasteiger partial charge is 0.0794 e. The highest BCUT2D eigenvalue weighted by molar-refractivity contribution is 7.09. The molecule has 0 spiro atoms. The Kier molecular flexibility index (Phi) is 4.13. The molecule has 0 aliphatic heterocycles. The first kappa shape index (κ1) is 14.0. The minimum Gasteiger partial charge on any atom is -0.308 e. The van der Waals surface area contributed by atoms with Crippen LogP contribution in [0.2, 0.25) is 0 Å². The predicted molar refractivity (Wildman–Crippen MR) is 85.7 cm³/mol. The lowest BCUT2D eigenvalue weighted by atomic mass is 10.2. The number of nitrogens with zero attached hydrogens (tertiary/aromatic N) is 3. The topological polar surface area (TPSA) is 42.7 Å². The Balaban J connectivity index is 1.75. The van der Waals surface area contributed by atoms with E-state index in [0.717, 1.165) is 24.5 Å². The Hall–Kier alpha value is -1.98. The Bertz CT molecular complexity index is 701. The summed E-state index contributed by atoms with van der Waals surface area (Å²) in [7, 11) is 0. The van der Waals surface area contributed by atoms with Gasteiger partial charge in [-0.3, -0.25) is 4.98 Å². The van der Waals surface area contributed by atoms with Crippen LogP contribution in [-0.4, -0.2) is 14.8 Å². The van der Waals surface area contributed by atoms with Crippen molar-refractivity contribution < 1.29 is 0 Å². The molecule has 1 N–H and O–H groups in total. The number of thiazole rings is 1. The number of aromatic nitrogens is 3. The van der Waals surface area contributed by atoms with Gasteiger partial charge in [0.05, 0.1) is 16.9 Å². The summed E-state index contributed by atoms with van der Waals surface area (Å²) in [5.41, 5.74) is 6.50. The molecule has 3 rings (SSSR count). The Morgan fingerprint density at radius 2 is 1.95 bits per heavy atom. The van der Waals surface area contributed by atoms with Crippen LogP contribution in [0.15, 0.2) is 42.0 Å². The van der Waals surface area contributed by atoms with Gasteiger partial charge in [-0.15, -0.1) is 11.3 Å². The quantitative estimate of drug-likeness (QED) is 0.786. The van der Waals surface area contributed by atoms with Gasteiger partial charge in [-0.05, 0) is 26.0 Å². The number of hydrogen-bond acceptors (Lipinski definition) is 4. The van der Waals surface area contributed by atoms with Crippen molar-refractivity contribution in [3.63, 3.8) is 0 Å². The van der Waals surface area contributed by atoms with Crippen LogP contribution < -0.4 is 5.32 Å². The zero-order valence-electron chi connectivity index (χ0n) is 12.2. The van der Waals surface area contributed by atoms with Gasteiger partial charge in [0.25, 0.3) is 0 Å². The van der Waals surface area contributed by atoms with Gasteiger partial charge >= 0.3 is 0 Å². The van der Waals surface area contributed by atoms with E-state index in [1.54, 1.807) is 11.3 Å². The van der Waals surface area contributed by atoms with E-state index in [9.17, 15) is 0 Å². The summed E-state index contributed by atoms with van der Waals surface area (Å²) in [6.45, 7) is 5.86. The molecule has 0 bridgehead atoms. The van der Waals surface area contributed by atoms with Crippen molar-refractivity contribution >= 4 is 11.3 Å². The maximum Gasteiger partial charge on any atom is 0.0794 e. The average Bonchev–Trinajstić information content (AvgIpc) is 3.11. The lowest BCUT2D eigenvalue weighted by molar-refractivity contribution is 0.693. The number of rotatable bonds is 5. The van der Waals surface area contributed by atoms with Gasteiger partial charge in [-0.2, -0.15) is 5.10 Å². The lowest BCUT2D eigenvalue weighted by Gasteiger charge is -2.06. The molecule has 108 valence electrons. The van der Waals surface area contributed by atoms with Gasteiger partial charge in [-0.1, -0.05) is 18.2 Å². The maximum absolute atomic E-state index is 4.66. The van der Waals surface area contributed by atoms with Crippen molar-refractivity contribution in [1.82, 2.24) is 20.1 Å². The second kappa shape index (κ2) is 6.20. The normalized spacial score (nSPS) is 11.0. The minimum absolute atomic E-state index is 0.822. The fraction of sp³-hybridized carbons (Fsp3) is 0.250. The van der Waals surface area contributed by atoms with Crippen LogP contribution in [0.5, 0.6) is 0 Å². The van der Waals surface area contributed by atoms with E-state index in [1.165, 1.54) is 16.1 Å². The monoisotopic (exact) mass is 298 g/mol. The van der Waals surface area contributed by atoms with Gasteiger partial charge in [0, 0.05) is 35.4 Å². The van der Waals surface area contributed by atoms with Crippen molar-refractivity contribution in [1.29, 1.82) is 0 Å². The van der Waals surface area contributed by atoms with Crippen LogP contribution in [-0.2, 0) is 13.1 Å². The molecule has 2 heterocycles. The molecule has 5 heteroatoms. The molecule has 0 saturated heterocycles. The summed E-state index contributed by atoms with van der Waals surface area (Å²) in [6.07, 6.45) is 1.91. The first-order valence-corrected chi connectivity index (χ1v) is 7.82. The zero-order chi connectivity index (χ0) is 14.7. The largest absolute Gasteiger partial charge is 0.308 e. The lowest BCUT2D eigenvalue weighted by Crippen LogP contribution is -2.13. The van der Waals surface area contributed by atoms with Crippen LogP contribution in [0, 0.1) is 13.8 Å². The van der Waals surface area contributed by atoms with Gasteiger partial charge in [0.15, 0.2) is 0 Å². The summed E-state index contributed by atoms with van der Waals surface area (Å²) in [6, 6.07) is 10.2. The molecule has 0 aliphatic carbocycles. The van der Waals surface area contributed by atoms with Crippen molar-refractivity contribution in [2.75, 3.05) is 0 Å². The van der Waals surface area contributed by atoms with Crippen LogP contribution in [0.3, 0.4) is 0 Å². The third-order valence-corrected chi connectivity index (χ3v) is 4.31. The molecule has 4 nitrogen and oxygen atoms in total. The van der Waals surface area contributed by atoms with Gasteiger partial charge in [-0.25, -0.2) is 4.68 Å². The summed E-state index contributed by atoms with van der Waals surface area (Å²) in [5.74, 6) is 0. The fourth-order valence-electron chi connectivity index (χ4n) is 2.39. The molecule has 0 fully saturated rings. The third kappa shape index (κ3) is 3.04. The molecule has 3 aromatic rings. The summed E-state index contributed by atoms with van der Waals surface area (Å²) < 4.78 is 2.01. The average molecular weight is 298 g/mol. The molecule has 0 radical (unpaired) electrons. The van der Waals surface area contributed by atoms with Gasteiger partial charge < -0.3 is 5.32 Å². The third-order valence-electron chi connectivity index (χ3n) is 3.53. The number of hydrogen-bond donors (Lipinski definition) is 1. The molecule has 21 heavy (non-hydrogen) atoms. The van der Waals surface area contributed by atoms with E-state index in [0.29, 0.717) is 0 Å². The highest BCUT2D eigenvalue weighted by atomic mass is 32.1. The van der Waals surface area contributed by atoms with E-state index in [2.05, 4.69) is 41.4 Å². The van der Waals surface area contributed by atoms with Crippen LogP contribution >= 0.6 is 11.3 Å². The molecule has 0 saturated carbocycles. The molecule has 0 atom stereocenters. The van der Waals surface area contributed by atoms with E-state index in [-0.39, 0.29) is 0 Å². The highest BCUT2D eigenvalue weighted by Crippen LogP contribution is 2.17. The van der Waals surface area contributed by atoms with Crippen molar-refractivity contribution in [3.05, 3.63) is 63.9 Å². The summed E-state index contributed by atoms with van der Waals surface area (Å²) in [4.78, 5) is 5.34. The number of nitrogens with one attached hydrogen (secondary N) is 1. The summed E-state index contributed by atoms with van der Waals surface area (Å²) >= 11 is 1.67. The molecule has 0 aliphatic rings. The fourth-order valence-corrected chi connectivity index (χ4v) is 2.96. The molecular formula is C16H18N4S. The zero-order valence-corrected chi connectivity index (χ0v) is 13.0. The predicted octanol–water partition coefficient (Wildman–Crippen LogP) is 3.24. The second-order valence-electron chi connectivity index (χ2n) is 4.97. The van der Waals surface area contributed by atoms with E-state index in [4.69, 9.17) is 0 Å². The molecular weight excluding hydrogens is 280 g/mol. The molecule has 1 aromatic carbocycles. The number of benzene rings is 1. The van der Waals surface area contributed by atoms with Crippen LogP contribution in [0.25, 0.3) is 5.69 Å². The molecule has 0 amide bonds. The Morgan fingerprint density at radius 3 is 2.67 bits per heavy atom. The van der Waals surface area contributed by atoms with Crippen molar-refractivity contribution in [3.8, 4) is 5.69 Å². The van der Waals surface area contributed by atoms with Crippen LogP contribution in [0.4, 0.5) is 0 Å². The second-order valence-corrected chi connectivity index (χ2v) is 5.94. The number of aryl methyl sites for hydroxylation is 1. The van der Waals surface area contributed by atoms with Gasteiger partial charge in [0.1, 0.15) is 0 Å². The first-order valence-electron chi connectivity index (χ1n) is 6.94. The number of para-hydroxylation sites is 1. The molecule has 0 unspecified atom stereocenters. The maximum atomic E-state index is 4.66. The van der Waals surface area contributed by atoms with E-state index >= 15 is 0 Å². The highest BCUT2D eigenvalue weighted by Gasteiger charge is 2.12. The minimum atomic E-state index is 0.822. The first-order chi connectivity index (χ1) is 10.3. The Labute approximate surface area is 128 Å². The Morgan fingerprint density at radius 1 is 1.14 bits per heavy atom. The standard InChI is InChI=1S/C16H18N4S/c1-12-16(10-17-8-15-9-18-11-21-15)13(2)20(19-12)14-6-4-3-5-7-14/h3-7,9,11,17H,8,10H2,1-2H3. The van der Waals surface area contributed by atoms with Gasteiger partial charge in [0.2, 0.25) is 0 Å². The van der Waals surface area contributed by atoms with Crippen LogP contribution in [0.1, 0.15) is 21.8 Å². The van der Waals surface area contributed by atoms with Crippen molar-refractivity contribution in [2.45, 2.75) is 26.9 Å². The van der Waals surface area contributed by atoms with E-state index in [1.807, 2.05) is 34.6 Å². The SMILES string of the molecule is Cc1nn(-c2ccccc2)c(C)c1CNCc1cncs1. The van der Waals surface area contributed by atoms with E-state index < -0.39 is 0 Å². The molecule has 2 aromatic heterocycles.